The molecule has 2 saturated heterocycles. The van der Waals surface area contributed by atoms with Gasteiger partial charge in [0, 0.05) is 32.2 Å². The number of fused-ring (bicyclic) bond motifs is 1. The highest BCUT2D eigenvalue weighted by Crippen LogP contribution is 2.43. The number of ether oxygens (including phenoxy) is 1. The summed E-state index contributed by atoms with van der Waals surface area (Å²) >= 11 is 0. The first-order valence-electron chi connectivity index (χ1n) is 12.8. The molecule has 36 heavy (non-hydrogen) atoms. The number of rotatable bonds is 6. The number of amides is 2. The molecule has 3 fully saturated rings. The fourth-order valence-corrected chi connectivity index (χ4v) is 5.89. The second kappa shape index (κ2) is 9.79. The highest BCUT2D eigenvalue weighted by molar-refractivity contribution is 6.22. The van der Waals surface area contributed by atoms with E-state index >= 15 is 0 Å². The Kier molecular flexibility index (Phi) is 6.55. The molecule has 0 spiro atoms. The number of nitro groups is 1. The third kappa shape index (κ3) is 4.27. The van der Waals surface area contributed by atoms with Crippen LogP contribution in [-0.4, -0.2) is 49.5 Å². The highest BCUT2D eigenvalue weighted by Gasteiger charge is 2.50. The van der Waals surface area contributed by atoms with Crippen molar-refractivity contribution in [2.45, 2.75) is 33.1 Å². The summed E-state index contributed by atoms with van der Waals surface area (Å²) in [7, 11) is 0. The van der Waals surface area contributed by atoms with Gasteiger partial charge in [-0.2, -0.15) is 0 Å². The number of carbonyl (C=O) groups excluding carboxylic acids is 2. The van der Waals surface area contributed by atoms with E-state index in [1.165, 1.54) is 11.0 Å². The van der Waals surface area contributed by atoms with E-state index in [0.29, 0.717) is 62.9 Å². The lowest BCUT2D eigenvalue weighted by atomic mass is 9.76. The van der Waals surface area contributed by atoms with Gasteiger partial charge >= 0.3 is 0 Å². The molecule has 9 heteroatoms. The summed E-state index contributed by atoms with van der Waals surface area (Å²) in [5.41, 5.74) is 1.74. The minimum atomic E-state index is -0.421. The predicted molar refractivity (Wildman–Crippen MR) is 138 cm³/mol. The molecule has 2 heterocycles. The van der Waals surface area contributed by atoms with E-state index in [2.05, 4.69) is 11.8 Å². The van der Waals surface area contributed by atoms with Crippen LogP contribution in [0.3, 0.4) is 0 Å². The average molecular weight is 493 g/mol. The van der Waals surface area contributed by atoms with E-state index in [1.807, 2.05) is 36.1 Å². The van der Waals surface area contributed by atoms with E-state index in [9.17, 15) is 19.7 Å². The fraction of sp³-hybridized carbons (Fsp3) is 0.481. The molecule has 0 radical (unpaired) electrons. The molecule has 2 amide bonds. The van der Waals surface area contributed by atoms with Crippen LogP contribution in [0.25, 0.3) is 0 Å². The second-order valence-corrected chi connectivity index (χ2v) is 9.95. The van der Waals surface area contributed by atoms with Crippen LogP contribution in [-0.2, 0) is 9.59 Å². The molecule has 9 nitrogen and oxygen atoms in total. The van der Waals surface area contributed by atoms with E-state index in [1.54, 1.807) is 12.1 Å². The Balaban J connectivity index is 1.36. The average Bonchev–Trinajstić information content (AvgIpc) is 3.13. The van der Waals surface area contributed by atoms with Gasteiger partial charge in [0.25, 0.3) is 5.69 Å². The number of nitrogens with zero attached hydrogens (tertiary/aromatic N) is 4. The van der Waals surface area contributed by atoms with Gasteiger partial charge in [-0.15, -0.1) is 0 Å². The summed E-state index contributed by atoms with van der Waals surface area (Å²) in [4.78, 5) is 43.2. The number of para-hydroxylation sites is 2. The first-order valence-corrected chi connectivity index (χ1v) is 12.8. The number of imide groups is 1. The summed E-state index contributed by atoms with van der Waals surface area (Å²) < 4.78 is 5.77. The Morgan fingerprint density at radius 2 is 1.61 bits per heavy atom. The molecule has 1 aliphatic carbocycles. The minimum Gasteiger partial charge on any atom is -0.492 e. The zero-order chi connectivity index (χ0) is 25.4. The van der Waals surface area contributed by atoms with Gasteiger partial charge in [0.15, 0.2) is 0 Å². The number of hydrogen-bond acceptors (Lipinski definition) is 7. The highest BCUT2D eigenvalue weighted by atomic mass is 16.6. The topological polar surface area (TPSA) is 96.2 Å². The standard InChI is InChI=1S/C27H32N4O5/c1-3-36-25-7-5-4-6-23(25)29-14-12-28(13-15-29)22-11-9-19(17-24(22)31(34)35)30-26(32)20-10-8-18(2)16-21(20)27(30)33/h4-7,9,11,17-18,20-21H,3,8,10,12-16H2,1-2H3/t18-,20-,21+/m1/s1. The number of piperazine rings is 1. The van der Waals surface area contributed by atoms with Gasteiger partial charge in [-0.3, -0.25) is 19.7 Å². The van der Waals surface area contributed by atoms with Gasteiger partial charge in [-0.25, -0.2) is 4.90 Å². The fourth-order valence-electron chi connectivity index (χ4n) is 5.89. The molecule has 2 aliphatic heterocycles. The first kappa shape index (κ1) is 24.1. The SMILES string of the molecule is CCOc1ccccc1N1CCN(c2ccc(N3C(=O)[C@H]4C[C@H](C)CC[C@H]4C3=O)cc2[N+](=O)[O-])CC1. The Morgan fingerprint density at radius 1 is 0.944 bits per heavy atom. The summed E-state index contributed by atoms with van der Waals surface area (Å²) in [5.74, 6) is 0.172. The van der Waals surface area contributed by atoms with E-state index in [-0.39, 0.29) is 29.3 Å². The molecule has 5 rings (SSSR count). The Labute approximate surface area is 210 Å². The molecule has 1 saturated carbocycles. The lowest BCUT2D eigenvalue weighted by molar-refractivity contribution is -0.384. The van der Waals surface area contributed by atoms with Crippen LogP contribution in [0, 0.1) is 27.9 Å². The predicted octanol–water partition coefficient (Wildman–Crippen LogP) is 4.25. The quantitative estimate of drug-likeness (QED) is 0.338. The van der Waals surface area contributed by atoms with Crippen molar-refractivity contribution in [1.29, 1.82) is 0 Å². The van der Waals surface area contributed by atoms with Crippen LogP contribution in [0.15, 0.2) is 42.5 Å². The maximum absolute atomic E-state index is 13.1. The number of nitro benzene ring substituents is 1. The number of anilines is 3. The number of carbonyl (C=O) groups is 2. The zero-order valence-electron chi connectivity index (χ0n) is 20.8. The van der Waals surface area contributed by atoms with Gasteiger partial charge in [0.1, 0.15) is 11.4 Å². The Morgan fingerprint density at radius 3 is 2.31 bits per heavy atom. The van der Waals surface area contributed by atoms with Crippen LogP contribution in [0.4, 0.5) is 22.7 Å². The van der Waals surface area contributed by atoms with Crippen molar-refractivity contribution in [2.75, 3.05) is 47.5 Å². The zero-order valence-corrected chi connectivity index (χ0v) is 20.8. The maximum atomic E-state index is 13.1. The van der Waals surface area contributed by atoms with Crippen molar-refractivity contribution in [3.8, 4) is 5.75 Å². The molecule has 0 unspecified atom stereocenters. The van der Waals surface area contributed by atoms with Crippen molar-refractivity contribution >= 4 is 34.6 Å². The summed E-state index contributed by atoms with van der Waals surface area (Å²) in [6.45, 7) is 7.22. The van der Waals surface area contributed by atoms with Crippen LogP contribution >= 0.6 is 0 Å². The monoisotopic (exact) mass is 492 g/mol. The van der Waals surface area contributed by atoms with Crippen LogP contribution < -0.4 is 19.4 Å². The lowest BCUT2D eigenvalue weighted by Crippen LogP contribution is -2.46. The van der Waals surface area contributed by atoms with Crippen molar-refractivity contribution in [1.82, 2.24) is 0 Å². The van der Waals surface area contributed by atoms with Crippen molar-refractivity contribution in [3.05, 3.63) is 52.6 Å². The number of benzene rings is 2. The maximum Gasteiger partial charge on any atom is 0.294 e. The molecule has 2 aromatic rings. The van der Waals surface area contributed by atoms with Gasteiger partial charge in [-0.05, 0) is 56.4 Å². The first-order chi connectivity index (χ1) is 17.4. The Bertz CT molecular complexity index is 1180. The smallest absolute Gasteiger partial charge is 0.294 e. The van der Waals surface area contributed by atoms with Crippen LogP contribution in [0.2, 0.25) is 0 Å². The molecule has 190 valence electrons. The molecule has 0 bridgehead atoms. The third-order valence-corrected chi connectivity index (χ3v) is 7.73. The number of hydrogen-bond donors (Lipinski definition) is 0. The molecule has 2 aromatic carbocycles. The Hall–Kier alpha value is -3.62. The van der Waals surface area contributed by atoms with Crippen molar-refractivity contribution in [2.24, 2.45) is 17.8 Å². The van der Waals surface area contributed by atoms with E-state index < -0.39 is 4.92 Å². The van der Waals surface area contributed by atoms with Gasteiger partial charge in [0.05, 0.1) is 34.7 Å². The molecule has 0 aromatic heterocycles. The molecule has 3 atom stereocenters. The summed E-state index contributed by atoms with van der Waals surface area (Å²) in [6, 6.07) is 12.7. The normalized spacial score (nSPS) is 24.2. The van der Waals surface area contributed by atoms with E-state index in [0.717, 1.165) is 17.9 Å². The third-order valence-electron chi connectivity index (χ3n) is 7.73. The minimum absolute atomic E-state index is 0.0838. The van der Waals surface area contributed by atoms with E-state index in [4.69, 9.17) is 4.74 Å². The molecule has 0 N–H and O–H groups in total. The van der Waals surface area contributed by atoms with Crippen molar-refractivity contribution in [3.63, 3.8) is 0 Å². The van der Waals surface area contributed by atoms with Crippen LogP contribution in [0.5, 0.6) is 5.75 Å². The van der Waals surface area contributed by atoms with Crippen molar-refractivity contribution < 1.29 is 19.2 Å². The molecular weight excluding hydrogens is 460 g/mol. The molecule has 3 aliphatic rings. The largest absolute Gasteiger partial charge is 0.492 e. The molecular formula is C27H32N4O5. The van der Waals surface area contributed by atoms with Gasteiger partial charge in [0.2, 0.25) is 11.8 Å². The van der Waals surface area contributed by atoms with Crippen LogP contribution in [0.1, 0.15) is 33.1 Å². The summed E-state index contributed by atoms with van der Waals surface area (Å²) in [5, 5.41) is 12.1. The van der Waals surface area contributed by atoms with Gasteiger partial charge in [-0.1, -0.05) is 19.1 Å². The second-order valence-electron chi connectivity index (χ2n) is 9.95. The van der Waals surface area contributed by atoms with Gasteiger partial charge < -0.3 is 14.5 Å². The summed E-state index contributed by atoms with van der Waals surface area (Å²) in [6.07, 6.45) is 2.32. The lowest BCUT2D eigenvalue weighted by Gasteiger charge is -2.37.